The van der Waals surface area contributed by atoms with E-state index in [1.165, 1.54) is 11.8 Å². The first-order valence-electron chi connectivity index (χ1n) is 7.79. The summed E-state index contributed by atoms with van der Waals surface area (Å²) >= 11 is 16.9. The van der Waals surface area contributed by atoms with Crippen LogP contribution >= 0.6 is 50.9 Å². The van der Waals surface area contributed by atoms with Crippen molar-refractivity contribution in [2.24, 2.45) is 0 Å². The van der Waals surface area contributed by atoms with E-state index in [2.05, 4.69) is 36.1 Å². The predicted octanol–water partition coefficient (Wildman–Crippen LogP) is 6.49. The average Bonchev–Trinajstić information content (AvgIpc) is 3.29. The first-order valence-corrected chi connectivity index (χ1v) is 10.3. The molecule has 0 fully saturated rings. The van der Waals surface area contributed by atoms with Gasteiger partial charge in [-0.1, -0.05) is 50.9 Å². The molecule has 0 atom stereocenters. The molecular formula is C18H11BrCl2N4OS. The third kappa shape index (κ3) is 4.55. The Bertz CT molecular complexity index is 1060. The van der Waals surface area contributed by atoms with Crippen molar-refractivity contribution in [3.05, 3.63) is 68.9 Å². The molecule has 0 saturated heterocycles. The molecule has 0 radical (unpaired) electrons. The van der Waals surface area contributed by atoms with Crippen LogP contribution in [0.4, 0.5) is 0 Å². The van der Waals surface area contributed by atoms with Gasteiger partial charge in [-0.15, -0.1) is 5.10 Å². The van der Waals surface area contributed by atoms with Crippen molar-refractivity contribution in [2.75, 3.05) is 0 Å². The normalized spacial score (nSPS) is 11.1. The monoisotopic (exact) mass is 480 g/mol. The van der Waals surface area contributed by atoms with Crippen molar-refractivity contribution in [3.63, 3.8) is 0 Å². The van der Waals surface area contributed by atoms with Crippen LogP contribution in [0.15, 0.2) is 62.8 Å². The van der Waals surface area contributed by atoms with Gasteiger partial charge in [-0.05, 0) is 42.5 Å². The van der Waals surface area contributed by atoms with Gasteiger partial charge in [0.25, 0.3) is 0 Å². The number of hydrogen-bond acceptors (Lipinski definition) is 5. The van der Waals surface area contributed by atoms with E-state index in [0.717, 1.165) is 21.3 Å². The van der Waals surface area contributed by atoms with Gasteiger partial charge in [-0.25, -0.2) is 9.97 Å². The first kappa shape index (κ1) is 18.6. The Balaban J connectivity index is 1.44. The van der Waals surface area contributed by atoms with Crippen LogP contribution in [0.2, 0.25) is 10.0 Å². The molecule has 2 heterocycles. The van der Waals surface area contributed by atoms with E-state index in [1.54, 1.807) is 24.5 Å². The van der Waals surface area contributed by atoms with Crippen molar-refractivity contribution in [3.8, 4) is 22.8 Å². The zero-order valence-electron chi connectivity index (χ0n) is 13.6. The second-order valence-corrected chi connectivity index (χ2v) is 8.30. The molecule has 27 heavy (non-hydrogen) atoms. The van der Waals surface area contributed by atoms with E-state index in [1.807, 2.05) is 24.3 Å². The summed E-state index contributed by atoms with van der Waals surface area (Å²) in [5, 5.41) is 8.82. The summed E-state index contributed by atoms with van der Waals surface area (Å²) in [6, 6.07) is 13.0. The van der Waals surface area contributed by atoms with Gasteiger partial charge in [0.2, 0.25) is 11.0 Å². The van der Waals surface area contributed by atoms with Gasteiger partial charge in [-0.2, -0.15) is 0 Å². The third-order valence-corrected chi connectivity index (χ3v) is 5.44. The average molecular weight is 482 g/mol. The minimum Gasteiger partial charge on any atom is -0.444 e. The molecular weight excluding hydrogens is 471 g/mol. The van der Waals surface area contributed by atoms with E-state index >= 15 is 0 Å². The Morgan fingerprint density at radius 2 is 1.74 bits per heavy atom. The van der Waals surface area contributed by atoms with Crippen molar-refractivity contribution >= 4 is 50.9 Å². The number of thioether (sulfide) groups is 1. The summed E-state index contributed by atoms with van der Waals surface area (Å²) in [7, 11) is 0. The van der Waals surface area contributed by atoms with Crippen LogP contribution in [0.1, 0.15) is 5.69 Å². The quantitative estimate of drug-likeness (QED) is 0.330. The molecule has 0 unspecified atom stereocenters. The predicted molar refractivity (Wildman–Crippen MR) is 111 cm³/mol. The molecule has 0 aliphatic heterocycles. The molecule has 136 valence electrons. The highest BCUT2D eigenvalue weighted by Gasteiger charge is 2.11. The van der Waals surface area contributed by atoms with Crippen LogP contribution in [0, 0.1) is 0 Å². The van der Waals surface area contributed by atoms with Crippen LogP contribution < -0.4 is 0 Å². The molecule has 2 aromatic carbocycles. The van der Waals surface area contributed by atoms with Crippen LogP contribution in [-0.4, -0.2) is 20.2 Å². The van der Waals surface area contributed by atoms with Gasteiger partial charge in [0.05, 0.1) is 5.69 Å². The van der Waals surface area contributed by atoms with Gasteiger partial charge >= 0.3 is 0 Å². The molecule has 9 heteroatoms. The summed E-state index contributed by atoms with van der Waals surface area (Å²) in [5.74, 6) is 1.79. The number of aromatic nitrogens is 4. The second-order valence-electron chi connectivity index (χ2n) is 5.56. The summed E-state index contributed by atoms with van der Waals surface area (Å²) < 4.78 is 6.57. The number of nitrogens with zero attached hydrogens (tertiary/aromatic N) is 3. The van der Waals surface area contributed by atoms with Crippen LogP contribution in [0.25, 0.3) is 22.8 Å². The maximum absolute atomic E-state index is 6.04. The molecule has 0 spiro atoms. The number of rotatable bonds is 5. The van der Waals surface area contributed by atoms with Gasteiger partial charge in [-0.3, -0.25) is 5.10 Å². The number of aromatic amines is 1. The molecule has 0 aliphatic carbocycles. The molecule has 0 saturated carbocycles. The van der Waals surface area contributed by atoms with Crippen molar-refractivity contribution < 1.29 is 4.42 Å². The Kier molecular flexibility index (Phi) is 5.54. The lowest BCUT2D eigenvalue weighted by Crippen LogP contribution is -1.84. The maximum Gasteiger partial charge on any atom is 0.226 e. The number of hydrogen-bond donors (Lipinski definition) is 1. The zero-order chi connectivity index (χ0) is 18.8. The van der Waals surface area contributed by atoms with Crippen molar-refractivity contribution in [1.82, 2.24) is 20.2 Å². The number of halogens is 3. The Labute approximate surface area is 177 Å². The summed E-state index contributed by atoms with van der Waals surface area (Å²) in [6.45, 7) is 0. The van der Waals surface area contributed by atoms with Gasteiger partial charge in [0, 0.05) is 31.4 Å². The number of benzene rings is 2. The minimum absolute atomic E-state index is 0.547. The highest BCUT2D eigenvalue weighted by Crippen LogP contribution is 2.28. The lowest BCUT2D eigenvalue weighted by atomic mass is 10.2. The van der Waals surface area contributed by atoms with Crippen molar-refractivity contribution in [2.45, 2.75) is 10.9 Å². The van der Waals surface area contributed by atoms with E-state index in [4.69, 9.17) is 27.6 Å². The molecule has 5 nitrogen and oxygen atoms in total. The van der Waals surface area contributed by atoms with Gasteiger partial charge in [0.1, 0.15) is 6.26 Å². The zero-order valence-corrected chi connectivity index (χ0v) is 17.5. The number of H-pyrrole nitrogens is 1. The molecule has 4 aromatic rings. The van der Waals surface area contributed by atoms with Gasteiger partial charge in [0.15, 0.2) is 5.82 Å². The van der Waals surface area contributed by atoms with Gasteiger partial charge < -0.3 is 4.42 Å². The van der Waals surface area contributed by atoms with E-state index < -0.39 is 0 Å². The number of nitrogens with one attached hydrogen (secondary N) is 1. The second kappa shape index (κ2) is 8.06. The fraction of sp³-hybridized carbons (Fsp3) is 0.0556. The third-order valence-electron chi connectivity index (χ3n) is 3.59. The fourth-order valence-corrected chi connectivity index (χ4v) is 3.83. The van der Waals surface area contributed by atoms with Crippen LogP contribution in [0.3, 0.4) is 0 Å². The Morgan fingerprint density at radius 3 is 2.48 bits per heavy atom. The summed E-state index contributed by atoms with van der Waals surface area (Å²) in [5.41, 5.74) is 2.52. The van der Waals surface area contributed by atoms with E-state index in [0.29, 0.717) is 32.7 Å². The molecule has 0 bridgehead atoms. The SMILES string of the molecule is Clc1cc(Cl)cc(-c2nc(SCc3coc(-c4ccc(Br)cc4)n3)n[nH]2)c1. The number of oxazole rings is 1. The topological polar surface area (TPSA) is 67.6 Å². The maximum atomic E-state index is 6.04. The first-order chi connectivity index (χ1) is 13.1. The Hall–Kier alpha value is -1.80. The largest absolute Gasteiger partial charge is 0.444 e. The van der Waals surface area contributed by atoms with Crippen LogP contribution in [0.5, 0.6) is 0 Å². The smallest absolute Gasteiger partial charge is 0.226 e. The molecule has 0 aliphatic rings. The molecule has 1 N–H and O–H groups in total. The molecule has 0 amide bonds. The lowest BCUT2D eigenvalue weighted by Gasteiger charge is -1.98. The van der Waals surface area contributed by atoms with Crippen molar-refractivity contribution in [1.29, 1.82) is 0 Å². The minimum atomic E-state index is 0.547. The summed E-state index contributed by atoms with van der Waals surface area (Å²) in [6.07, 6.45) is 1.65. The van der Waals surface area contributed by atoms with E-state index in [9.17, 15) is 0 Å². The highest BCUT2D eigenvalue weighted by molar-refractivity contribution is 9.10. The van der Waals surface area contributed by atoms with E-state index in [-0.39, 0.29) is 0 Å². The molecule has 2 aromatic heterocycles. The van der Waals surface area contributed by atoms with Crippen LogP contribution in [-0.2, 0) is 5.75 Å². The standard InChI is InChI=1S/C18H11BrCl2N4OS/c19-12-3-1-10(2-4-12)17-22-15(8-26-17)9-27-18-23-16(24-25-18)11-5-13(20)7-14(21)6-11/h1-8H,9H2,(H,23,24,25). The lowest BCUT2D eigenvalue weighted by molar-refractivity contribution is 0.573. The highest BCUT2D eigenvalue weighted by atomic mass is 79.9. The Morgan fingerprint density at radius 1 is 1.00 bits per heavy atom. The fourth-order valence-electron chi connectivity index (χ4n) is 2.37. The molecule has 4 rings (SSSR count). The summed E-state index contributed by atoms with van der Waals surface area (Å²) in [4.78, 5) is 8.98.